The van der Waals surface area contributed by atoms with Crippen molar-refractivity contribution in [1.82, 2.24) is 10.3 Å². The van der Waals surface area contributed by atoms with E-state index in [1.165, 1.54) is 6.92 Å². The fraction of sp³-hybridized carbons (Fsp3) is 0.136. The maximum Gasteiger partial charge on any atom is 0.251 e. The average Bonchev–Trinajstić information content (AvgIpc) is 2.72. The summed E-state index contributed by atoms with van der Waals surface area (Å²) < 4.78 is 5.30. The van der Waals surface area contributed by atoms with Crippen molar-refractivity contribution in [1.29, 1.82) is 0 Å². The summed E-state index contributed by atoms with van der Waals surface area (Å²) in [7, 11) is 1.60. The van der Waals surface area contributed by atoms with Crippen LogP contribution < -0.4 is 15.4 Å². The van der Waals surface area contributed by atoms with Gasteiger partial charge in [0.1, 0.15) is 11.6 Å². The number of carbonyl (C=O) groups is 2. The summed E-state index contributed by atoms with van der Waals surface area (Å²) in [5.74, 6) is 1.08. The molecule has 1 aromatic heterocycles. The van der Waals surface area contributed by atoms with Crippen LogP contribution in [0, 0.1) is 0 Å². The third-order valence-corrected chi connectivity index (χ3v) is 4.22. The topological polar surface area (TPSA) is 80.3 Å². The Morgan fingerprint density at radius 1 is 1.00 bits per heavy atom. The highest BCUT2D eigenvalue weighted by Crippen LogP contribution is 2.18. The Kier molecular flexibility index (Phi) is 6.01. The van der Waals surface area contributed by atoms with Crippen LogP contribution in [0.5, 0.6) is 5.75 Å². The zero-order chi connectivity index (χ0) is 19.9. The molecule has 6 nitrogen and oxygen atoms in total. The van der Waals surface area contributed by atoms with Gasteiger partial charge in [-0.3, -0.25) is 9.59 Å². The molecule has 0 saturated carbocycles. The molecule has 142 valence electrons. The number of benzene rings is 2. The van der Waals surface area contributed by atoms with Crippen LogP contribution in [0.4, 0.5) is 11.5 Å². The van der Waals surface area contributed by atoms with Gasteiger partial charge in [0.15, 0.2) is 5.78 Å². The predicted octanol–water partition coefficient (Wildman–Crippen LogP) is 3.97. The molecular weight excluding hydrogens is 354 g/mol. The molecule has 0 aliphatic rings. The summed E-state index contributed by atoms with van der Waals surface area (Å²) in [6.07, 6.45) is 1.57. The number of nitrogens with zero attached hydrogens (tertiary/aromatic N) is 1. The van der Waals surface area contributed by atoms with Crippen molar-refractivity contribution in [3.8, 4) is 5.75 Å². The monoisotopic (exact) mass is 375 g/mol. The number of methoxy groups -OCH3 is 1. The fourth-order valence-corrected chi connectivity index (χ4v) is 2.70. The summed E-state index contributed by atoms with van der Waals surface area (Å²) in [4.78, 5) is 28.1. The van der Waals surface area contributed by atoms with Gasteiger partial charge in [-0.25, -0.2) is 4.98 Å². The van der Waals surface area contributed by atoms with Crippen molar-refractivity contribution >= 4 is 23.2 Å². The lowest BCUT2D eigenvalue weighted by Crippen LogP contribution is -2.23. The Labute approximate surface area is 163 Å². The molecule has 2 aromatic carbocycles. The van der Waals surface area contributed by atoms with Gasteiger partial charge >= 0.3 is 0 Å². The molecule has 0 atom stereocenters. The Morgan fingerprint density at radius 2 is 1.75 bits per heavy atom. The molecule has 0 radical (unpaired) electrons. The zero-order valence-electron chi connectivity index (χ0n) is 15.7. The fourth-order valence-electron chi connectivity index (χ4n) is 2.70. The van der Waals surface area contributed by atoms with Crippen LogP contribution in [0.25, 0.3) is 0 Å². The molecular formula is C22H21N3O3. The Balaban J connectivity index is 1.66. The third-order valence-electron chi connectivity index (χ3n) is 4.22. The molecule has 1 amide bonds. The van der Waals surface area contributed by atoms with Gasteiger partial charge in [0.05, 0.1) is 7.11 Å². The molecule has 3 aromatic rings. The number of hydrogen-bond donors (Lipinski definition) is 2. The van der Waals surface area contributed by atoms with Gasteiger partial charge in [0.25, 0.3) is 5.91 Å². The number of rotatable bonds is 7. The smallest absolute Gasteiger partial charge is 0.251 e. The Morgan fingerprint density at radius 3 is 2.46 bits per heavy atom. The maximum atomic E-state index is 12.5. The molecule has 0 spiro atoms. The largest absolute Gasteiger partial charge is 0.496 e. The number of ketones is 1. The standard InChI is InChI=1S/C22H21N3O3/c1-15(26)16-7-9-19(10-8-16)25-21-13-17(11-12-23-21)22(27)24-14-18-5-3-4-6-20(18)28-2/h3-13H,14H2,1-2H3,(H,23,25)(H,24,27). The van der Waals surface area contributed by atoms with E-state index in [1.54, 1.807) is 49.7 Å². The van der Waals surface area contributed by atoms with E-state index in [4.69, 9.17) is 4.74 Å². The normalized spacial score (nSPS) is 10.2. The SMILES string of the molecule is COc1ccccc1CNC(=O)c1ccnc(Nc2ccc(C(C)=O)cc2)c1. The van der Waals surface area contributed by atoms with Gasteiger partial charge in [-0.15, -0.1) is 0 Å². The molecule has 0 unspecified atom stereocenters. The zero-order valence-corrected chi connectivity index (χ0v) is 15.7. The molecule has 0 aliphatic carbocycles. The van der Waals surface area contributed by atoms with E-state index in [0.29, 0.717) is 23.5 Å². The minimum atomic E-state index is -0.205. The first-order valence-corrected chi connectivity index (χ1v) is 8.81. The van der Waals surface area contributed by atoms with Crippen LogP contribution in [0.3, 0.4) is 0 Å². The van der Waals surface area contributed by atoms with Gasteiger partial charge < -0.3 is 15.4 Å². The molecule has 2 N–H and O–H groups in total. The predicted molar refractivity (Wildman–Crippen MR) is 108 cm³/mol. The number of ether oxygens (including phenoxy) is 1. The molecule has 0 bridgehead atoms. The first kappa shape index (κ1) is 19.1. The van der Waals surface area contributed by atoms with E-state index in [1.807, 2.05) is 24.3 Å². The van der Waals surface area contributed by atoms with Crippen LogP contribution in [0.15, 0.2) is 66.9 Å². The van der Waals surface area contributed by atoms with Gasteiger partial charge in [0, 0.05) is 35.1 Å². The van der Waals surface area contributed by atoms with E-state index < -0.39 is 0 Å². The highest BCUT2D eigenvalue weighted by molar-refractivity contribution is 5.95. The van der Waals surface area contributed by atoms with Crippen molar-refractivity contribution in [2.45, 2.75) is 13.5 Å². The Hall–Kier alpha value is -3.67. The number of hydrogen-bond acceptors (Lipinski definition) is 5. The highest BCUT2D eigenvalue weighted by Gasteiger charge is 2.09. The lowest BCUT2D eigenvalue weighted by atomic mass is 10.1. The minimum absolute atomic E-state index is 0.0124. The maximum absolute atomic E-state index is 12.5. The van der Waals surface area contributed by atoms with Gasteiger partial charge in [-0.05, 0) is 49.4 Å². The summed E-state index contributed by atoms with van der Waals surface area (Å²) in [5, 5.41) is 6.02. The van der Waals surface area contributed by atoms with Gasteiger partial charge in [0.2, 0.25) is 0 Å². The molecule has 1 heterocycles. The van der Waals surface area contributed by atoms with Crippen LogP contribution in [-0.4, -0.2) is 23.8 Å². The number of Topliss-reactive ketones (excluding diaryl/α,β-unsaturated/α-hetero) is 1. The van der Waals surface area contributed by atoms with Crippen molar-refractivity contribution in [3.05, 3.63) is 83.6 Å². The van der Waals surface area contributed by atoms with E-state index in [0.717, 1.165) is 17.0 Å². The first-order valence-electron chi connectivity index (χ1n) is 8.81. The van der Waals surface area contributed by atoms with Crippen molar-refractivity contribution in [2.24, 2.45) is 0 Å². The van der Waals surface area contributed by atoms with Crippen LogP contribution in [0.2, 0.25) is 0 Å². The van der Waals surface area contributed by atoms with Crippen molar-refractivity contribution < 1.29 is 14.3 Å². The van der Waals surface area contributed by atoms with E-state index in [2.05, 4.69) is 15.6 Å². The van der Waals surface area contributed by atoms with Crippen LogP contribution in [-0.2, 0) is 6.54 Å². The number of para-hydroxylation sites is 1. The van der Waals surface area contributed by atoms with E-state index >= 15 is 0 Å². The van der Waals surface area contributed by atoms with Gasteiger partial charge in [-0.2, -0.15) is 0 Å². The summed E-state index contributed by atoms with van der Waals surface area (Å²) in [6, 6.07) is 18.0. The number of nitrogens with one attached hydrogen (secondary N) is 2. The number of pyridine rings is 1. The molecule has 0 aliphatic heterocycles. The lowest BCUT2D eigenvalue weighted by molar-refractivity contribution is 0.0949. The molecule has 28 heavy (non-hydrogen) atoms. The molecule has 6 heteroatoms. The molecule has 0 fully saturated rings. The third kappa shape index (κ3) is 4.73. The van der Waals surface area contributed by atoms with Crippen molar-refractivity contribution in [2.75, 3.05) is 12.4 Å². The number of amides is 1. The second-order valence-electron chi connectivity index (χ2n) is 6.18. The van der Waals surface area contributed by atoms with E-state index in [-0.39, 0.29) is 11.7 Å². The summed E-state index contributed by atoms with van der Waals surface area (Å²) in [5.41, 5.74) is 2.82. The lowest BCUT2D eigenvalue weighted by Gasteiger charge is -2.10. The Bertz CT molecular complexity index is 984. The minimum Gasteiger partial charge on any atom is -0.496 e. The number of carbonyl (C=O) groups excluding carboxylic acids is 2. The number of anilines is 2. The van der Waals surface area contributed by atoms with Crippen LogP contribution >= 0.6 is 0 Å². The highest BCUT2D eigenvalue weighted by atomic mass is 16.5. The summed E-state index contributed by atoms with van der Waals surface area (Å²) >= 11 is 0. The molecule has 0 saturated heterocycles. The first-order chi connectivity index (χ1) is 13.6. The van der Waals surface area contributed by atoms with E-state index in [9.17, 15) is 9.59 Å². The second-order valence-corrected chi connectivity index (χ2v) is 6.18. The quantitative estimate of drug-likeness (QED) is 0.611. The number of aromatic nitrogens is 1. The second kappa shape index (κ2) is 8.81. The van der Waals surface area contributed by atoms with Gasteiger partial charge in [-0.1, -0.05) is 18.2 Å². The summed E-state index contributed by atoms with van der Waals surface area (Å²) in [6.45, 7) is 1.89. The average molecular weight is 375 g/mol. The van der Waals surface area contributed by atoms with Crippen LogP contribution in [0.1, 0.15) is 33.2 Å². The molecule has 3 rings (SSSR count). The van der Waals surface area contributed by atoms with Crippen molar-refractivity contribution in [3.63, 3.8) is 0 Å².